The molecule has 2 aromatic rings. The van der Waals surface area contributed by atoms with E-state index >= 15 is 0 Å². The first-order valence-electron chi connectivity index (χ1n) is 6.71. The van der Waals surface area contributed by atoms with Crippen LogP contribution in [0, 0.1) is 0 Å². The van der Waals surface area contributed by atoms with Gasteiger partial charge in [0.25, 0.3) is 10.0 Å². The van der Waals surface area contributed by atoms with Gasteiger partial charge in [-0.15, -0.1) is 12.4 Å². The molecule has 1 saturated heterocycles. The molecule has 7 nitrogen and oxygen atoms in total. The zero-order valence-electron chi connectivity index (χ0n) is 12.1. The lowest BCUT2D eigenvalue weighted by Gasteiger charge is -2.35. The molecule has 1 fully saturated rings. The van der Waals surface area contributed by atoms with Gasteiger partial charge in [-0.25, -0.2) is 8.42 Å². The number of nitrogens with zero attached hydrogens (tertiary/aromatic N) is 4. The van der Waals surface area contributed by atoms with Gasteiger partial charge in [0.2, 0.25) is 0 Å². The van der Waals surface area contributed by atoms with Crippen molar-refractivity contribution in [1.82, 2.24) is 24.4 Å². The summed E-state index contributed by atoms with van der Waals surface area (Å²) >= 11 is 0. The predicted molar refractivity (Wildman–Crippen MR) is 84.2 cm³/mol. The first-order valence-corrected chi connectivity index (χ1v) is 8.15. The van der Waals surface area contributed by atoms with Crippen molar-refractivity contribution in [2.24, 2.45) is 7.05 Å². The van der Waals surface area contributed by atoms with Crippen molar-refractivity contribution in [3.8, 4) is 0 Å². The van der Waals surface area contributed by atoms with Crippen LogP contribution >= 0.6 is 12.4 Å². The van der Waals surface area contributed by atoms with E-state index in [0.717, 1.165) is 5.56 Å². The quantitative estimate of drug-likeness (QED) is 0.881. The van der Waals surface area contributed by atoms with Crippen molar-refractivity contribution >= 4 is 22.4 Å². The lowest BCUT2D eigenvalue weighted by atomic mass is 10.1. The summed E-state index contributed by atoms with van der Waals surface area (Å²) in [6.07, 6.45) is 4.89. The highest BCUT2D eigenvalue weighted by Gasteiger charge is 2.35. The third kappa shape index (κ3) is 3.00. The smallest absolute Gasteiger partial charge is 0.260 e. The highest BCUT2D eigenvalue weighted by molar-refractivity contribution is 7.89. The molecule has 120 valence electrons. The SMILES string of the molecule is Cl.Cn1nccc1S(=O)(=O)N1CCNCC1c1cccnc1. The molecule has 0 spiro atoms. The number of sulfonamides is 1. The number of aromatic nitrogens is 3. The Morgan fingerprint density at radius 2 is 2.14 bits per heavy atom. The highest BCUT2D eigenvalue weighted by Crippen LogP contribution is 2.28. The topological polar surface area (TPSA) is 80.1 Å². The van der Waals surface area contributed by atoms with Crippen LogP contribution < -0.4 is 5.32 Å². The number of aryl methyl sites for hydroxylation is 1. The molecule has 0 radical (unpaired) electrons. The van der Waals surface area contributed by atoms with Crippen molar-refractivity contribution in [2.75, 3.05) is 19.6 Å². The van der Waals surface area contributed by atoms with Crippen LogP contribution in [0.15, 0.2) is 41.8 Å². The van der Waals surface area contributed by atoms with Crippen LogP contribution in [-0.2, 0) is 17.1 Å². The van der Waals surface area contributed by atoms with Crippen LogP contribution in [0.2, 0.25) is 0 Å². The molecule has 1 atom stereocenters. The minimum Gasteiger partial charge on any atom is -0.313 e. The standard InChI is InChI=1S/C13H17N5O2S.ClH/c1-17-13(4-6-16-17)21(19,20)18-8-7-15-10-12(18)11-3-2-5-14-9-11;/h2-6,9,12,15H,7-8,10H2,1H3;1H. The number of pyridine rings is 1. The first kappa shape index (κ1) is 16.9. The second-order valence-electron chi connectivity index (χ2n) is 4.92. The number of rotatable bonds is 3. The van der Waals surface area contributed by atoms with Gasteiger partial charge in [-0.3, -0.25) is 9.67 Å². The second-order valence-corrected chi connectivity index (χ2v) is 6.75. The summed E-state index contributed by atoms with van der Waals surface area (Å²) < 4.78 is 28.7. The Bertz CT molecular complexity index is 719. The fourth-order valence-corrected chi connectivity index (χ4v) is 4.28. The zero-order chi connectivity index (χ0) is 14.9. The Labute approximate surface area is 135 Å². The summed E-state index contributed by atoms with van der Waals surface area (Å²) in [6.45, 7) is 1.63. The van der Waals surface area contributed by atoms with Gasteiger partial charge >= 0.3 is 0 Å². The Balaban J connectivity index is 0.00000176. The molecule has 1 aliphatic heterocycles. The van der Waals surface area contributed by atoms with E-state index in [1.807, 2.05) is 12.1 Å². The van der Waals surface area contributed by atoms with Crippen molar-refractivity contribution in [3.05, 3.63) is 42.4 Å². The first-order chi connectivity index (χ1) is 10.1. The summed E-state index contributed by atoms with van der Waals surface area (Å²) in [7, 11) is -1.95. The van der Waals surface area contributed by atoms with Gasteiger partial charge in [0.05, 0.1) is 12.2 Å². The van der Waals surface area contributed by atoms with Crippen molar-refractivity contribution < 1.29 is 8.42 Å². The largest absolute Gasteiger partial charge is 0.313 e. The van der Waals surface area contributed by atoms with Gasteiger partial charge in [-0.05, 0) is 17.7 Å². The maximum absolute atomic E-state index is 12.9. The monoisotopic (exact) mass is 343 g/mol. The van der Waals surface area contributed by atoms with Crippen LogP contribution in [0.4, 0.5) is 0 Å². The third-order valence-electron chi connectivity index (χ3n) is 3.61. The average Bonchev–Trinajstić information content (AvgIpc) is 2.95. The number of hydrogen-bond donors (Lipinski definition) is 1. The Morgan fingerprint density at radius 1 is 1.32 bits per heavy atom. The zero-order valence-corrected chi connectivity index (χ0v) is 13.7. The fraction of sp³-hybridized carbons (Fsp3) is 0.385. The normalized spacial score (nSPS) is 19.6. The number of halogens is 1. The second kappa shape index (κ2) is 6.74. The third-order valence-corrected chi connectivity index (χ3v) is 5.60. The Kier molecular flexibility index (Phi) is 5.17. The predicted octanol–water partition coefficient (Wildman–Crippen LogP) is 0.572. The van der Waals surface area contributed by atoms with Crippen molar-refractivity contribution in [3.63, 3.8) is 0 Å². The summed E-state index contributed by atoms with van der Waals surface area (Å²) in [6, 6.07) is 4.99. The molecule has 9 heteroatoms. The van der Waals surface area contributed by atoms with Gasteiger partial charge in [-0.1, -0.05) is 6.07 Å². The van der Waals surface area contributed by atoms with Crippen molar-refractivity contribution in [1.29, 1.82) is 0 Å². The molecule has 3 rings (SSSR count). The Morgan fingerprint density at radius 3 is 2.77 bits per heavy atom. The minimum absolute atomic E-state index is 0. The highest BCUT2D eigenvalue weighted by atomic mass is 35.5. The molecular weight excluding hydrogens is 326 g/mol. The van der Waals surface area contributed by atoms with E-state index < -0.39 is 10.0 Å². The summed E-state index contributed by atoms with van der Waals surface area (Å²) in [5, 5.41) is 7.40. The molecule has 0 aliphatic carbocycles. The minimum atomic E-state index is -3.58. The molecule has 1 aliphatic rings. The van der Waals surface area contributed by atoms with Crippen LogP contribution in [0.1, 0.15) is 11.6 Å². The van der Waals surface area contributed by atoms with Gasteiger partial charge in [0.15, 0.2) is 5.03 Å². The van der Waals surface area contributed by atoms with Gasteiger partial charge < -0.3 is 5.32 Å². The maximum atomic E-state index is 12.9. The number of nitrogens with one attached hydrogen (secondary N) is 1. The Hall–Kier alpha value is -1.48. The molecule has 1 unspecified atom stereocenters. The van der Waals surface area contributed by atoms with Gasteiger partial charge in [0, 0.05) is 39.1 Å². The molecule has 22 heavy (non-hydrogen) atoms. The van der Waals surface area contributed by atoms with E-state index in [-0.39, 0.29) is 23.5 Å². The average molecular weight is 344 g/mol. The van der Waals surface area contributed by atoms with Crippen molar-refractivity contribution in [2.45, 2.75) is 11.1 Å². The molecule has 0 saturated carbocycles. The van der Waals surface area contributed by atoms with E-state index in [1.54, 1.807) is 19.4 Å². The summed E-state index contributed by atoms with van der Waals surface area (Å²) in [5.41, 5.74) is 0.885. The van der Waals surface area contributed by atoms with E-state index in [4.69, 9.17) is 0 Å². The molecule has 0 amide bonds. The fourth-order valence-electron chi connectivity index (χ4n) is 2.57. The van der Waals surface area contributed by atoms with E-state index in [2.05, 4.69) is 15.4 Å². The molecule has 0 bridgehead atoms. The molecule has 0 aromatic carbocycles. The van der Waals surface area contributed by atoms with Gasteiger partial charge in [-0.2, -0.15) is 9.40 Å². The maximum Gasteiger partial charge on any atom is 0.260 e. The summed E-state index contributed by atoms with van der Waals surface area (Å²) in [4.78, 5) is 4.09. The van der Waals surface area contributed by atoms with Crippen LogP contribution in [-0.4, -0.2) is 47.1 Å². The van der Waals surface area contributed by atoms with Crippen LogP contribution in [0.3, 0.4) is 0 Å². The molecule has 1 N–H and O–H groups in total. The number of piperazine rings is 1. The molecule has 3 heterocycles. The van der Waals surface area contributed by atoms with E-state index in [1.165, 1.54) is 21.3 Å². The summed E-state index contributed by atoms with van der Waals surface area (Å²) in [5.74, 6) is 0. The van der Waals surface area contributed by atoms with E-state index in [9.17, 15) is 8.42 Å². The number of hydrogen-bond acceptors (Lipinski definition) is 5. The van der Waals surface area contributed by atoms with E-state index in [0.29, 0.717) is 19.6 Å². The molecular formula is C13H18ClN5O2S. The molecule has 2 aromatic heterocycles. The van der Waals surface area contributed by atoms with Crippen LogP contribution in [0.25, 0.3) is 0 Å². The van der Waals surface area contributed by atoms with Crippen LogP contribution in [0.5, 0.6) is 0 Å². The van der Waals surface area contributed by atoms with Gasteiger partial charge in [0.1, 0.15) is 0 Å². The lowest BCUT2D eigenvalue weighted by Crippen LogP contribution is -2.48. The lowest BCUT2D eigenvalue weighted by molar-refractivity contribution is 0.269.